The van der Waals surface area contributed by atoms with Crippen molar-refractivity contribution in [1.29, 1.82) is 0 Å². The van der Waals surface area contributed by atoms with Crippen molar-refractivity contribution in [2.45, 2.75) is 0 Å². The van der Waals surface area contributed by atoms with E-state index in [1.807, 2.05) is 0 Å². The fraction of sp³-hybridized carbons (Fsp3) is 0. The Bertz CT molecular complexity index is 420. The molecule has 0 spiro atoms. The molecule has 5 nitrogen and oxygen atoms in total. The minimum atomic E-state index is -0.943. The molecule has 1 rings (SSSR count). The van der Waals surface area contributed by atoms with Gasteiger partial charge in [-0.3, -0.25) is 14.9 Å². The fourth-order valence-electron chi connectivity index (χ4n) is 0.939. The lowest BCUT2D eigenvalue weighted by molar-refractivity contribution is -0.385. The summed E-state index contributed by atoms with van der Waals surface area (Å²) in [7, 11) is 0. The summed E-state index contributed by atoms with van der Waals surface area (Å²) in [5.41, 5.74) is 4.11. The van der Waals surface area contributed by atoms with Crippen LogP contribution in [-0.4, -0.2) is 10.8 Å². The van der Waals surface area contributed by atoms with Crippen molar-refractivity contribution in [3.05, 3.63) is 37.9 Å². The maximum absolute atomic E-state index is 10.8. The Morgan fingerprint density at radius 3 is 2.43 bits per heavy atom. The number of rotatable bonds is 2. The molecule has 0 heterocycles. The molecule has 0 saturated carbocycles. The molecule has 0 aromatic heterocycles. The van der Waals surface area contributed by atoms with Crippen LogP contribution in [0.5, 0.6) is 0 Å². The summed E-state index contributed by atoms with van der Waals surface area (Å²) in [6.45, 7) is 0. The zero-order valence-electron chi connectivity index (χ0n) is 6.66. The Kier molecular flexibility index (Phi) is 2.93. The molecule has 0 saturated heterocycles. The van der Waals surface area contributed by atoms with E-state index >= 15 is 0 Å². The van der Waals surface area contributed by atoms with Crippen LogP contribution in [0, 0.1) is 10.1 Å². The number of hydrogen-bond donors (Lipinski definition) is 1. The van der Waals surface area contributed by atoms with E-state index in [0.717, 1.165) is 6.07 Å². The van der Waals surface area contributed by atoms with Gasteiger partial charge >= 0.3 is 5.69 Å². The van der Waals surface area contributed by atoms with Gasteiger partial charge < -0.3 is 5.73 Å². The minimum Gasteiger partial charge on any atom is -0.365 e. The maximum atomic E-state index is 10.8. The van der Waals surface area contributed by atoms with E-state index in [1.54, 1.807) is 0 Å². The second-order valence-corrected chi connectivity index (χ2v) is 3.25. The third kappa shape index (κ3) is 1.94. The second kappa shape index (κ2) is 3.81. The number of amides is 1. The number of benzene rings is 1. The van der Waals surface area contributed by atoms with Gasteiger partial charge in [-0.15, -0.1) is 0 Å². The van der Waals surface area contributed by atoms with E-state index in [0.29, 0.717) is 0 Å². The van der Waals surface area contributed by atoms with E-state index < -0.39 is 16.5 Å². The predicted molar refractivity (Wildman–Crippen MR) is 51.6 cm³/mol. The van der Waals surface area contributed by atoms with Gasteiger partial charge in [-0.1, -0.05) is 23.2 Å². The predicted octanol–water partition coefficient (Wildman–Crippen LogP) is 2.00. The van der Waals surface area contributed by atoms with Crippen LogP contribution in [0.15, 0.2) is 12.1 Å². The van der Waals surface area contributed by atoms with Gasteiger partial charge in [0.2, 0.25) is 0 Å². The van der Waals surface area contributed by atoms with Crippen LogP contribution in [0.2, 0.25) is 10.0 Å². The van der Waals surface area contributed by atoms with Crippen molar-refractivity contribution in [1.82, 2.24) is 0 Å². The maximum Gasteiger partial charge on any atom is 0.300 e. The molecular weight excluding hydrogens is 231 g/mol. The van der Waals surface area contributed by atoms with E-state index in [1.165, 1.54) is 6.07 Å². The lowest BCUT2D eigenvalue weighted by Gasteiger charge is -2.01. The third-order valence-electron chi connectivity index (χ3n) is 1.48. The summed E-state index contributed by atoms with van der Waals surface area (Å²) in [4.78, 5) is 20.6. The highest BCUT2D eigenvalue weighted by molar-refractivity contribution is 6.36. The number of carbonyl (C=O) groups excluding carboxylic acids is 1. The summed E-state index contributed by atoms with van der Waals surface area (Å²) >= 11 is 11.1. The average Bonchev–Trinajstić information content (AvgIpc) is 2.01. The molecule has 1 aromatic rings. The first-order valence-corrected chi connectivity index (χ1v) is 4.12. The van der Waals surface area contributed by atoms with Crippen LogP contribution in [0.25, 0.3) is 0 Å². The Hall–Kier alpha value is -1.33. The smallest absolute Gasteiger partial charge is 0.300 e. The first kappa shape index (κ1) is 10.7. The molecule has 0 bridgehead atoms. The molecule has 0 fully saturated rings. The lowest BCUT2D eigenvalue weighted by Crippen LogP contribution is -2.13. The molecule has 1 amide bonds. The number of nitrogens with two attached hydrogens (primary N) is 1. The monoisotopic (exact) mass is 234 g/mol. The molecule has 7 heteroatoms. The van der Waals surface area contributed by atoms with Crippen LogP contribution < -0.4 is 5.73 Å². The topological polar surface area (TPSA) is 86.2 Å². The Morgan fingerprint density at radius 2 is 2.00 bits per heavy atom. The third-order valence-corrected chi connectivity index (χ3v) is 1.98. The molecule has 0 aliphatic heterocycles. The molecule has 14 heavy (non-hydrogen) atoms. The molecular formula is C7H4Cl2N2O3. The van der Waals surface area contributed by atoms with Gasteiger partial charge in [-0.2, -0.15) is 0 Å². The van der Waals surface area contributed by atoms with Gasteiger partial charge in [0, 0.05) is 5.02 Å². The van der Waals surface area contributed by atoms with Gasteiger partial charge in [0.05, 0.1) is 4.92 Å². The van der Waals surface area contributed by atoms with Crippen LogP contribution in [0.4, 0.5) is 5.69 Å². The second-order valence-electron chi connectivity index (χ2n) is 2.41. The number of carbonyl (C=O) groups is 1. The molecule has 2 N–H and O–H groups in total. The van der Waals surface area contributed by atoms with Crippen LogP contribution >= 0.6 is 23.2 Å². The quantitative estimate of drug-likeness (QED) is 0.628. The summed E-state index contributed by atoms with van der Waals surface area (Å²) < 4.78 is 0. The summed E-state index contributed by atoms with van der Waals surface area (Å²) in [5, 5.41) is 10.4. The Morgan fingerprint density at radius 1 is 1.43 bits per heavy atom. The van der Waals surface area contributed by atoms with Crippen LogP contribution in [-0.2, 0) is 0 Å². The van der Waals surface area contributed by atoms with Gasteiger partial charge in [-0.25, -0.2) is 0 Å². The summed E-state index contributed by atoms with van der Waals surface area (Å²) in [5.74, 6) is -0.943. The fourth-order valence-corrected chi connectivity index (χ4v) is 1.50. The van der Waals surface area contributed by atoms with E-state index in [4.69, 9.17) is 28.9 Å². The number of nitro groups is 1. The molecule has 0 aliphatic rings. The first-order valence-electron chi connectivity index (χ1n) is 3.36. The highest BCUT2D eigenvalue weighted by Crippen LogP contribution is 2.31. The molecule has 0 atom stereocenters. The van der Waals surface area contributed by atoms with Gasteiger partial charge in [-0.05, 0) is 12.1 Å². The first-order chi connectivity index (χ1) is 6.43. The van der Waals surface area contributed by atoms with Crippen molar-refractivity contribution < 1.29 is 9.72 Å². The Balaban J connectivity index is 3.52. The van der Waals surface area contributed by atoms with E-state index in [-0.39, 0.29) is 15.6 Å². The number of nitro benzene ring substituents is 1. The molecule has 0 unspecified atom stereocenters. The Labute approximate surface area is 88.6 Å². The highest BCUT2D eigenvalue weighted by atomic mass is 35.5. The zero-order valence-corrected chi connectivity index (χ0v) is 8.17. The van der Waals surface area contributed by atoms with Crippen LogP contribution in [0.1, 0.15) is 10.4 Å². The summed E-state index contributed by atoms with van der Waals surface area (Å²) in [6, 6.07) is 2.28. The highest BCUT2D eigenvalue weighted by Gasteiger charge is 2.23. The van der Waals surface area contributed by atoms with Gasteiger partial charge in [0.25, 0.3) is 5.91 Å². The van der Waals surface area contributed by atoms with Crippen molar-refractivity contribution >= 4 is 34.8 Å². The zero-order chi connectivity index (χ0) is 10.9. The van der Waals surface area contributed by atoms with E-state index in [2.05, 4.69) is 0 Å². The van der Waals surface area contributed by atoms with E-state index in [9.17, 15) is 14.9 Å². The average molecular weight is 235 g/mol. The number of halogens is 2. The molecule has 0 radical (unpaired) electrons. The van der Waals surface area contributed by atoms with Crippen molar-refractivity contribution in [2.24, 2.45) is 5.73 Å². The standard InChI is InChI=1S/C7H4Cl2N2O3/c8-3-1-4(7(10)12)6(11(13)14)5(9)2-3/h1-2H,(H2,10,12). The minimum absolute atomic E-state index is 0.120. The van der Waals surface area contributed by atoms with Crippen molar-refractivity contribution in [3.8, 4) is 0 Å². The SMILES string of the molecule is NC(=O)c1cc(Cl)cc(Cl)c1[N+](=O)[O-]. The molecule has 0 aliphatic carbocycles. The van der Waals surface area contributed by atoms with Crippen LogP contribution in [0.3, 0.4) is 0 Å². The molecule has 1 aromatic carbocycles. The largest absolute Gasteiger partial charge is 0.365 e. The van der Waals surface area contributed by atoms with Gasteiger partial charge in [0.15, 0.2) is 0 Å². The number of primary amides is 1. The van der Waals surface area contributed by atoms with Gasteiger partial charge in [0.1, 0.15) is 10.6 Å². The lowest BCUT2D eigenvalue weighted by atomic mass is 10.1. The number of hydrogen-bond acceptors (Lipinski definition) is 3. The normalized spacial score (nSPS) is 9.86. The summed E-state index contributed by atoms with van der Waals surface area (Å²) in [6.07, 6.45) is 0. The van der Waals surface area contributed by atoms with Crippen molar-refractivity contribution in [2.75, 3.05) is 0 Å². The number of nitrogens with zero attached hydrogens (tertiary/aromatic N) is 1. The van der Waals surface area contributed by atoms with Crippen molar-refractivity contribution in [3.63, 3.8) is 0 Å². The molecule has 74 valence electrons.